The maximum atomic E-state index is 12.4. The Hall–Kier alpha value is -3.31. The molecule has 3 heterocycles. The van der Waals surface area contributed by atoms with Crippen molar-refractivity contribution in [2.75, 3.05) is 18.0 Å². The summed E-state index contributed by atoms with van der Waals surface area (Å²) in [6.45, 7) is 7.49. The highest BCUT2D eigenvalue weighted by Gasteiger charge is 2.43. The van der Waals surface area contributed by atoms with Crippen molar-refractivity contribution >= 4 is 6.01 Å². The summed E-state index contributed by atoms with van der Waals surface area (Å²) in [6.07, 6.45) is -1.73. The van der Waals surface area contributed by atoms with Crippen molar-refractivity contribution in [2.24, 2.45) is 17.8 Å². The minimum Gasteiger partial charge on any atom is -0.424 e. The van der Waals surface area contributed by atoms with Gasteiger partial charge in [-0.2, -0.15) is 15.1 Å². The van der Waals surface area contributed by atoms with Crippen LogP contribution < -0.4 is 14.4 Å². The van der Waals surface area contributed by atoms with Crippen LogP contribution in [0.2, 0.25) is 0 Å². The van der Waals surface area contributed by atoms with Gasteiger partial charge in [-0.25, -0.2) is 4.68 Å². The smallest absolute Gasteiger partial charge is 0.424 e. The molecule has 188 valence electrons. The first-order valence-electron chi connectivity index (χ1n) is 11.7. The number of fused-ring (bicyclic) bond motifs is 2. The van der Waals surface area contributed by atoms with Gasteiger partial charge in [0.1, 0.15) is 11.5 Å². The Morgan fingerprint density at radius 2 is 1.71 bits per heavy atom. The highest BCUT2D eigenvalue weighted by atomic mass is 19.4. The van der Waals surface area contributed by atoms with Gasteiger partial charge in [0, 0.05) is 19.5 Å². The van der Waals surface area contributed by atoms with E-state index in [0.717, 1.165) is 32.4 Å². The molecular weight excluding hydrogens is 465 g/mol. The zero-order valence-corrected chi connectivity index (χ0v) is 19.7. The van der Waals surface area contributed by atoms with Gasteiger partial charge >= 0.3 is 18.4 Å². The molecule has 3 aromatic rings. The molecule has 1 aromatic carbocycles. The molecule has 0 spiro atoms. The van der Waals surface area contributed by atoms with Gasteiger partial charge < -0.3 is 18.9 Å². The third kappa shape index (κ3) is 5.20. The van der Waals surface area contributed by atoms with E-state index in [2.05, 4.69) is 24.8 Å². The van der Waals surface area contributed by atoms with E-state index in [-0.39, 0.29) is 11.8 Å². The first-order valence-corrected chi connectivity index (χ1v) is 11.7. The summed E-state index contributed by atoms with van der Waals surface area (Å²) in [5, 5.41) is 8.61. The van der Waals surface area contributed by atoms with E-state index >= 15 is 0 Å². The van der Waals surface area contributed by atoms with Crippen LogP contribution in [0.4, 0.5) is 19.2 Å². The van der Waals surface area contributed by atoms with Crippen molar-refractivity contribution in [1.82, 2.24) is 24.9 Å². The van der Waals surface area contributed by atoms with Crippen molar-refractivity contribution in [1.29, 1.82) is 0 Å². The fourth-order valence-electron chi connectivity index (χ4n) is 5.11. The van der Waals surface area contributed by atoms with E-state index < -0.39 is 6.36 Å². The summed E-state index contributed by atoms with van der Waals surface area (Å²) >= 11 is 0. The SMILES string of the molecule is Cc1noc(N2C[C@H]3CC[C@@H](C2)C3Cc2nc(Oc3ccc(OC(F)(F)F)cc3)n(C(C)C)n2)n1. The molecule has 3 atom stereocenters. The second-order valence-electron chi connectivity index (χ2n) is 9.46. The highest BCUT2D eigenvalue weighted by molar-refractivity contribution is 5.33. The number of benzene rings is 1. The number of ether oxygens (including phenoxy) is 2. The number of hydrogen-bond acceptors (Lipinski definition) is 8. The lowest BCUT2D eigenvalue weighted by molar-refractivity contribution is -0.274. The molecule has 2 aliphatic rings. The average Bonchev–Trinajstić information content (AvgIpc) is 3.45. The Balaban J connectivity index is 1.28. The summed E-state index contributed by atoms with van der Waals surface area (Å²) in [5.74, 6) is 2.79. The Morgan fingerprint density at radius 1 is 1.06 bits per heavy atom. The molecule has 0 radical (unpaired) electrons. The van der Waals surface area contributed by atoms with Crippen molar-refractivity contribution in [3.05, 3.63) is 35.9 Å². The van der Waals surface area contributed by atoms with E-state index in [1.165, 1.54) is 24.3 Å². The monoisotopic (exact) mass is 492 g/mol. The molecule has 0 amide bonds. The van der Waals surface area contributed by atoms with Gasteiger partial charge in [-0.1, -0.05) is 5.16 Å². The summed E-state index contributed by atoms with van der Waals surface area (Å²) in [4.78, 5) is 11.2. The predicted octanol–water partition coefficient (Wildman–Crippen LogP) is 4.95. The number of hydrogen-bond donors (Lipinski definition) is 0. The minimum absolute atomic E-state index is 0.00146. The number of alkyl halides is 3. The Kier molecular flexibility index (Phi) is 6.06. The minimum atomic E-state index is -4.74. The lowest BCUT2D eigenvalue weighted by Gasteiger charge is -2.36. The van der Waals surface area contributed by atoms with Crippen LogP contribution in [-0.4, -0.2) is 44.4 Å². The van der Waals surface area contributed by atoms with Crippen LogP contribution in [0.1, 0.15) is 44.4 Å². The van der Waals surface area contributed by atoms with E-state index in [4.69, 9.17) is 14.4 Å². The van der Waals surface area contributed by atoms with Gasteiger partial charge in [-0.3, -0.25) is 0 Å². The summed E-state index contributed by atoms with van der Waals surface area (Å²) < 4.78 is 54.1. The van der Waals surface area contributed by atoms with E-state index in [0.29, 0.717) is 47.2 Å². The second kappa shape index (κ2) is 9.04. The molecule has 1 saturated heterocycles. The van der Waals surface area contributed by atoms with E-state index in [1.54, 1.807) is 4.68 Å². The maximum absolute atomic E-state index is 12.4. The lowest BCUT2D eigenvalue weighted by Crippen LogP contribution is -2.43. The number of anilines is 1. The molecule has 2 aromatic heterocycles. The molecular formula is C23H27F3N6O3. The number of rotatable bonds is 7. The fourth-order valence-corrected chi connectivity index (χ4v) is 5.11. The third-order valence-electron chi connectivity index (χ3n) is 6.63. The van der Waals surface area contributed by atoms with E-state index in [9.17, 15) is 13.2 Å². The molecule has 35 heavy (non-hydrogen) atoms. The fraction of sp³-hybridized carbons (Fsp3) is 0.565. The average molecular weight is 493 g/mol. The first kappa shape index (κ1) is 23.4. The van der Waals surface area contributed by atoms with Crippen LogP contribution in [0.3, 0.4) is 0 Å². The molecule has 1 aliphatic carbocycles. The van der Waals surface area contributed by atoms with Gasteiger partial charge in [0.15, 0.2) is 11.6 Å². The van der Waals surface area contributed by atoms with Crippen molar-refractivity contribution in [2.45, 2.75) is 52.4 Å². The summed E-state index contributed by atoms with van der Waals surface area (Å²) in [6, 6.07) is 6.13. The van der Waals surface area contributed by atoms with Crippen LogP contribution in [0.25, 0.3) is 0 Å². The standard InChI is InChI=1S/C23H27F3N6O3/c1-13(2)32-22(33-17-6-8-18(9-7-17)34-23(24,25)26)28-20(29-32)10-19-15-4-5-16(19)12-31(11-15)21-27-14(3)30-35-21/h6-9,13,15-16,19H,4-5,10-12H2,1-3H3/t15-,16+,19?. The Morgan fingerprint density at radius 3 is 2.29 bits per heavy atom. The molecule has 2 bridgehead atoms. The van der Waals surface area contributed by atoms with Crippen molar-refractivity contribution in [3.63, 3.8) is 0 Å². The van der Waals surface area contributed by atoms with Crippen LogP contribution in [0.5, 0.6) is 17.5 Å². The Labute approximate surface area is 200 Å². The molecule has 1 aliphatic heterocycles. The topological polar surface area (TPSA) is 91.3 Å². The van der Waals surface area contributed by atoms with Gasteiger partial charge in [-0.15, -0.1) is 13.2 Å². The van der Waals surface area contributed by atoms with Gasteiger partial charge in [0.25, 0.3) is 0 Å². The van der Waals surface area contributed by atoms with Gasteiger partial charge in [0.05, 0.1) is 6.04 Å². The largest absolute Gasteiger partial charge is 0.573 e. The number of halogens is 3. The maximum Gasteiger partial charge on any atom is 0.573 e. The molecule has 1 saturated carbocycles. The second-order valence-corrected chi connectivity index (χ2v) is 9.46. The predicted molar refractivity (Wildman–Crippen MR) is 118 cm³/mol. The van der Waals surface area contributed by atoms with Crippen molar-refractivity contribution < 1.29 is 27.2 Å². The molecule has 12 heteroatoms. The zero-order chi connectivity index (χ0) is 24.7. The van der Waals surface area contributed by atoms with Crippen LogP contribution in [0.15, 0.2) is 28.8 Å². The number of piperidine rings is 1. The zero-order valence-electron chi connectivity index (χ0n) is 19.7. The number of aryl methyl sites for hydroxylation is 1. The molecule has 2 fully saturated rings. The third-order valence-corrected chi connectivity index (χ3v) is 6.63. The highest BCUT2D eigenvalue weighted by Crippen LogP contribution is 2.44. The first-order chi connectivity index (χ1) is 16.6. The molecule has 0 N–H and O–H groups in total. The normalized spacial score (nSPS) is 22.1. The van der Waals surface area contributed by atoms with Gasteiger partial charge in [-0.05, 0) is 75.6 Å². The van der Waals surface area contributed by atoms with Gasteiger partial charge in [0.2, 0.25) is 0 Å². The number of nitrogens with zero attached hydrogens (tertiary/aromatic N) is 6. The summed E-state index contributed by atoms with van der Waals surface area (Å²) in [5.41, 5.74) is 0. The van der Waals surface area contributed by atoms with Crippen molar-refractivity contribution in [3.8, 4) is 17.5 Å². The number of aromatic nitrogens is 5. The molecule has 9 nitrogen and oxygen atoms in total. The van der Waals surface area contributed by atoms with Crippen LogP contribution in [-0.2, 0) is 6.42 Å². The molecule has 1 unspecified atom stereocenters. The quantitative estimate of drug-likeness (QED) is 0.458. The Bertz CT molecular complexity index is 1150. The molecule has 5 rings (SSSR count). The lowest BCUT2D eigenvalue weighted by atomic mass is 9.82. The van der Waals surface area contributed by atoms with Crippen LogP contribution in [0, 0.1) is 24.7 Å². The van der Waals surface area contributed by atoms with E-state index in [1.807, 2.05) is 20.8 Å². The van der Waals surface area contributed by atoms with Crippen LogP contribution >= 0.6 is 0 Å². The summed E-state index contributed by atoms with van der Waals surface area (Å²) in [7, 11) is 0.